The average Bonchev–Trinajstić information content (AvgIpc) is 2.36. The second-order valence-corrected chi connectivity index (χ2v) is 4.80. The molecule has 1 aliphatic rings. The van der Waals surface area contributed by atoms with Crippen LogP contribution in [0.3, 0.4) is 0 Å². The van der Waals surface area contributed by atoms with Crippen LogP contribution in [0.15, 0.2) is 18.2 Å². The maximum absolute atomic E-state index is 12.1. The number of carbonyl (C=O) groups excluding carboxylic acids is 2. The third-order valence-electron chi connectivity index (χ3n) is 3.07. The Kier molecular flexibility index (Phi) is 3.09. The molecule has 2 rings (SSSR count). The lowest BCUT2D eigenvalue weighted by atomic mass is 10.0. The monoisotopic (exact) mass is 264 g/mol. The Morgan fingerprint density at radius 1 is 1.47 bits per heavy atom. The Balaban J connectivity index is 2.54. The lowest BCUT2D eigenvalue weighted by molar-refractivity contribution is -0.147. The van der Waals surface area contributed by atoms with Crippen LogP contribution >= 0.6 is 0 Å². The fourth-order valence-electron chi connectivity index (χ4n) is 2.12. The van der Waals surface area contributed by atoms with Crippen molar-refractivity contribution in [2.24, 2.45) is 0 Å². The van der Waals surface area contributed by atoms with E-state index in [0.29, 0.717) is 17.1 Å². The van der Waals surface area contributed by atoms with Crippen molar-refractivity contribution in [3.63, 3.8) is 0 Å². The number of nitrogens with zero attached hydrogens (tertiary/aromatic N) is 1. The molecule has 0 saturated heterocycles. The van der Waals surface area contributed by atoms with Crippen LogP contribution in [0.4, 0.5) is 11.4 Å². The molecule has 6 heteroatoms. The predicted octanol–water partition coefficient (Wildman–Crippen LogP) is 0.946. The summed E-state index contributed by atoms with van der Waals surface area (Å²) in [5.74, 6) is -0.296. The van der Waals surface area contributed by atoms with Gasteiger partial charge in [-0.3, -0.25) is 9.69 Å². The van der Waals surface area contributed by atoms with Gasteiger partial charge in [-0.1, -0.05) is 0 Å². The van der Waals surface area contributed by atoms with Crippen molar-refractivity contribution < 1.29 is 19.1 Å². The lowest BCUT2D eigenvalue weighted by Gasteiger charge is -2.39. The number of rotatable bonds is 2. The SMILES string of the molecule is COC(=O)C(C)(C)N1C(=O)COc2ccc(N)cc21. The lowest BCUT2D eigenvalue weighted by Crippen LogP contribution is -2.56. The van der Waals surface area contributed by atoms with E-state index in [0.717, 1.165) is 0 Å². The van der Waals surface area contributed by atoms with Gasteiger partial charge in [0.15, 0.2) is 6.61 Å². The van der Waals surface area contributed by atoms with Crippen LogP contribution in [-0.4, -0.2) is 31.1 Å². The third-order valence-corrected chi connectivity index (χ3v) is 3.07. The molecule has 0 spiro atoms. The molecule has 2 N–H and O–H groups in total. The summed E-state index contributed by atoms with van der Waals surface area (Å²) in [7, 11) is 1.29. The summed E-state index contributed by atoms with van der Waals surface area (Å²) in [4.78, 5) is 25.3. The molecule has 0 fully saturated rings. The molecule has 0 atom stereocenters. The molecule has 0 bridgehead atoms. The van der Waals surface area contributed by atoms with Gasteiger partial charge in [0.25, 0.3) is 5.91 Å². The van der Waals surface area contributed by atoms with Crippen LogP contribution in [0.2, 0.25) is 0 Å². The number of fused-ring (bicyclic) bond motifs is 1. The van der Waals surface area contributed by atoms with Gasteiger partial charge in [0.2, 0.25) is 0 Å². The Labute approximate surface area is 111 Å². The fourth-order valence-corrected chi connectivity index (χ4v) is 2.12. The van der Waals surface area contributed by atoms with E-state index >= 15 is 0 Å². The van der Waals surface area contributed by atoms with Gasteiger partial charge in [-0.2, -0.15) is 0 Å². The Morgan fingerprint density at radius 2 is 2.16 bits per heavy atom. The van der Waals surface area contributed by atoms with Gasteiger partial charge in [-0.15, -0.1) is 0 Å². The largest absolute Gasteiger partial charge is 0.482 e. The van der Waals surface area contributed by atoms with E-state index in [2.05, 4.69) is 0 Å². The Bertz CT molecular complexity index is 539. The first-order chi connectivity index (χ1) is 8.87. The topological polar surface area (TPSA) is 81.9 Å². The van der Waals surface area contributed by atoms with Crippen molar-refractivity contribution in [3.8, 4) is 5.75 Å². The Morgan fingerprint density at radius 3 is 2.79 bits per heavy atom. The first-order valence-electron chi connectivity index (χ1n) is 5.81. The molecule has 1 amide bonds. The van der Waals surface area contributed by atoms with E-state index in [-0.39, 0.29) is 12.5 Å². The predicted molar refractivity (Wildman–Crippen MR) is 69.9 cm³/mol. The minimum absolute atomic E-state index is 0.114. The maximum Gasteiger partial charge on any atom is 0.331 e. The Hall–Kier alpha value is -2.24. The molecule has 0 unspecified atom stereocenters. The zero-order valence-electron chi connectivity index (χ0n) is 11.1. The van der Waals surface area contributed by atoms with Crippen LogP contribution < -0.4 is 15.4 Å². The first kappa shape index (κ1) is 13.2. The average molecular weight is 264 g/mol. The van der Waals surface area contributed by atoms with E-state index in [9.17, 15) is 9.59 Å². The number of esters is 1. The van der Waals surface area contributed by atoms with E-state index in [1.54, 1.807) is 32.0 Å². The minimum Gasteiger partial charge on any atom is -0.482 e. The summed E-state index contributed by atoms with van der Waals surface area (Å²) in [5.41, 5.74) is 5.57. The zero-order chi connectivity index (χ0) is 14.2. The van der Waals surface area contributed by atoms with E-state index in [4.69, 9.17) is 15.2 Å². The van der Waals surface area contributed by atoms with Crippen molar-refractivity contribution in [2.45, 2.75) is 19.4 Å². The maximum atomic E-state index is 12.1. The van der Waals surface area contributed by atoms with Gasteiger partial charge in [0.1, 0.15) is 11.3 Å². The van der Waals surface area contributed by atoms with Crippen LogP contribution in [0.5, 0.6) is 5.75 Å². The number of carbonyl (C=O) groups is 2. The molecule has 0 aliphatic carbocycles. The standard InChI is InChI=1S/C13H16N2O4/c1-13(2,12(17)18-3)15-9-6-8(14)4-5-10(9)19-7-11(15)16/h4-6H,7,14H2,1-3H3. The highest BCUT2D eigenvalue weighted by Crippen LogP contribution is 2.38. The number of ether oxygens (including phenoxy) is 2. The summed E-state index contributed by atoms with van der Waals surface area (Å²) in [6, 6.07) is 4.96. The highest BCUT2D eigenvalue weighted by molar-refractivity contribution is 6.05. The van der Waals surface area contributed by atoms with Gasteiger partial charge < -0.3 is 15.2 Å². The highest BCUT2D eigenvalue weighted by Gasteiger charge is 2.43. The van der Waals surface area contributed by atoms with Gasteiger partial charge in [0, 0.05) is 5.69 Å². The third kappa shape index (κ3) is 2.09. The first-order valence-corrected chi connectivity index (χ1v) is 5.81. The number of amides is 1. The van der Waals surface area contributed by atoms with Crippen molar-refractivity contribution in [3.05, 3.63) is 18.2 Å². The molecular weight excluding hydrogens is 248 g/mol. The molecule has 1 aromatic carbocycles. The van der Waals surface area contributed by atoms with Gasteiger partial charge >= 0.3 is 5.97 Å². The number of benzene rings is 1. The number of hydrogen-bond acceptors (Lipinski definition) is 5. The molecule has 6 nitrogen and oxygen atoms in total. The summed E-state index contributed by atoms with van der Waals surface area (Å²) in [6.07, 6.45) is 0. The quantitative estimate of drug-likeness (QED) is 0.635. The summed E-state index contributed by atoms with van der Waals surface area (Å²) >= 11 is 0. The van der Waals surface area contributed by atoms with Crippen LogP contribution in [0.25, 0.3) is 0 Å². The van der Waals surface area contributed by atoms with E-state index < -0.39 is 11.5 Å². The number of anilines is 2. The number of nitrogens with two attached hydrogens (primary N) is 1. The van der Waals surface area contributed by atoms with Crippen LogP contribution in [0, 0.1) is 0 Å². The van der Waals surface area contributed by atoms with Gasteiger partial charge in [-0.05, 0) is 32.0 Å². The summed E-state index contributed by atoms with van der Waals surface area (Å²) in [6.45, 7) is 3.13. The normalized spacial score (nSPS) is 14.7. The number of hydrogen-bond donors (Lipinski definition) is 1. The van der Waals surface area contributed by atoms with Crippen molar-refractivity contribution in [1.29, 1.82) is 0 Å². The highest BCUT2D eigenvalue weighted by atomic mass is 16.5. The van der Waals surface area contributed by atoms with Gasteiger partial charge in [-0.25, -0.2) is 4.79 Å². The van der Waals surface area contributed by atoms with E-state index in [1.165, 1.54) is 12.0 Å². The smallest absolute Gasteiger partial charge is 0.331 e. The minimum atomic E-state index is -1.13. The fraction of sp³-hybridized carbons (Fsp3) is 0.385. The van der Waals surface area contributed by atoms with Crippen molar-refractivity contribution in [1.82, 2.24) is 0 Å². The second kappa shape index (κ2) is 4.46. The van der Waals surface area contributed by atoms with Gasteiger partial charge in [0.05, 0.1) is 12.8 Å². The molecule has 1 aliphatic heterocycles. The van der Waals surface area contributed by atoms with E-state index in [1.807, 2.05) is 0 Å². The summed E-state index contributed by atoms with van der Waals surface area (Å²) in [5, 5.41) is 0. The molecule has 1 aromatic rings. The molecule has 19 heavy (non-hydrogen) atoms. The number of methoxy groups -OCH3 is 1. The molecule has 0 radical (unpaired) electrons. The molecule has 102 valence electrons. The zero-order valence-corrected chi connectivity index (χ0v) is 11.1. The van der Waals surface area contributed by atoms with Crippen molar-refractivity contribution >= 4 is 23.3 Å². The second-order valence-electron chi connectivity index (χ2n) is 4.80. The van der Waals surface area contributed by atoms with Crippen LogP contribution in [-0.2, 0) is 14.3 Å². The summed E-state index contributed by atoms with van der Waals surface area (Å²) < 4.78 is 10.1. The molecule has 0 saturated carbocycles. The van der Waals surface area contributed by atoms with Crippen LogP contribution in [0.1, 0.15) is 13.8 Å². The molecular formula is C13H16N2O4. The molecule has 0 aromatic heterocycles. The number of nitrogen functional groups attached to an aromatic ring is 1. The molecule has 1 heterocycles. The van der Waals surface area contributed by atoms with Crippen molar-refractivity contribution in [2.75, 3.05) is 24.4 Å².